The molecule has 100 valence electrons. The molecule has 0 saturated heterocycles. The predicted octanol–water partition coefficient (Wildman–Crippen LogP) is 3.77. The predicted molar refractivity (Wildman–Crippen MR) is 71.7 cm³/mol. The van der Waals surface area contributed by atoms with Crippen molar-refractivity contribution in [3.63, 3.8) is 0 Å². The van der Waals surface area contributed by atoms with Crippen molar-refractivity contribution in [2.24, 2.45) is 5.92 Å². The minimum absolute atomic E-state index is 0.0267. The van der Waals surface area contributed by atoms with E-state index in [4.69, 9.17) is 4.74 Å². The third kappa shape index (κ3) is 4.78. The average Bonchev–Trinajstić information content (AvgIpc) is 2.37. The zero-order chi connectivity index (χ0) is 13.4. The number of unbranched alkanes of at least 4 members (excludes halogenated alkanes) is 2. The number of phenols is 1. The maximum atomic E-state index is 11.7. The third-order valence-corrected chi connectivity index (χ3v) is 2.92. The molecule has 1 rings (SSSR count). The summed E-state index contributed by atoms with van der Waals surface area (Å²) < 4.78 is 5.20. The van der Waals surface area contributed by atoms with Gasteiger partial charge in [0, 0.05) is 0 Å². The lowest BCUT2D eigenvalue weighted by molar-refractivity contribution is 0.0439. The first kappa shape index (κ1) is 14.6. The van der Waals surface area contributed by atoms with Crippen LogP contribution in [0, 0.1) is 5.92 Å². The molecule has 0 heterocycles. The van der Waals surface area contributed by atoms with Gasteiger partial charge in [-0.3, -0.25) is 0 Å². The number of ether oxygens (including phenoxy) is 1. The number of rotatable bonds is 7. The summed E-state index contributed by atoms with van der Waals surface area (Å²) in [6, 6.07) is 6.45. The second-order valence-corrected chi connectivity index (χ2v) is 4.72. The second-order valence-electron chi connectivity index (χ2n) is 4.72. The van der Waals surface area contributed by atoms with Crippen LogP contribution in [0.15, 0.2) is 24.3 Å². The zero-order valence-electron chi connectivity index (χ0n) is 11.2. The number of hydrogen-bond acceptors (Lipinski definition) is 3. The van der Waals surface area contributed by atoms with Gasteiger partial charge in [-0.1, -0.05) is 45.2 Å². The van der Waals surface area contributed by atoms with Crippen LogP contribution >= 0.6 is 0 Å². The van der Waals surface area contributed by atoms with E-state index in [1.165, 1.54) is 25.3 Å². The smallest absolute Gasteiger partial charge is 0.341 e. The van der Waals surface area contributed by atoms with Gasteiger partial charge in [-0.05, 0) is 24.5 Å². The van der Waals surface area contributed by atoms with Crippen molar-refractivity contribution in [2.75, 3.05) is 6.61 Å². The maximum Gasteiger partial charge on any atom is 0.341 e. The minimum Gasteiger partial charge on any atom is -0.507 e. The van der Waals surface area contributed by atoms with Gasteiger partial charge in [0.05, 0.1) is 6.61 Å². The minimum atomic E-state index is -0.449. The van der Waals surface area contributed by atoms with Gasteiger partial charge in [-0.2, -0.15) is 0 Å². The summed E-state index contributed by atoms with van der Waals surface area (Å²) in [4.78, 5) is 11.7. The maximum absolute atomic E-state index is 11.7. The summed E-state index contributed by atoms with van der Waals surface area (Å²) in [5, 5.41) is 9.52. The van der Waals surface area contributed by atoms with E-state index < -0.39 is 5.97 Å². The zero-order valence-corrected chi connectivity index (χ0v) is 11.2. The molecule has 0 radical (unpaired) electrons. The molecule has 0 aromatic heterocycles. The molecule has 0 amide bonds. The highest BCUT2D eigenvalue weighted by Crippen LogP contribution is 2.17. The van der Waals surface area contributed by atoms with Crippen molar-refractivity contribution in [3.8, 4) is 5.75 Å². The van der Waals surface area contributed by atoms with E-state index in [0.717, 1.165) is 6.42 Å². The highest BCUT2D eigenvalue weighted by molar-refractivity contribution is 5.92. The van der Waals surface area contributed by atoms with Crippen molar-refractivity contribution in [3.05, 3.63) is 29.8 Å². The molecule has 3 heteroatoms. The van der Waals surface area contributed by atoms with Crippen molar-refractivity contribution >= 4 is 5.97 Å². The Bertz CT molecular complexity index is 374. The monoisotopic (exact) mass is 250 g/mol. The van der Waals surface area contributed by atoms with Crippen LogP contribution in [0.25, 0.3) is 0 Å². The van der Waals surface area contributed by atoms with Crippen molar-refractivity contribution in [1.82, 2.24) is 0 Å². The number of carbonyl (C=O) groups is 1. The number of hydrogen-bond donors (Lipinski definition) is 1. The first-order valence-electron chi connectivity index (χ1n) is 6.60. The van der Waals surface area contributed by atoms with Crippen LogP contribution < -0.4 is 0 Å². The first-order chi connectivity index (χ1) is 8.65. The van der Waals surface area contributed by atoms with Gasteiger partial charge in [-0.25, -0.2) is 4.79 Å². The van der Waals surface area contributed by atoms with Crippen LogP contribution in [0.2, 0.25) is 0 Å². The molecule has 0 aliphatic rings. The number of para-hydroxylation sites is 1. The van der Waals surface area contributed by atoms with E-state index in [-0.39, 0.29) is 11.3 Å². The Morgan fingerprint density at radius 1 is 1.33 bits per heavy atom. The lowest BCUT2D eigenvalue weighted by atomic mass is 10.0. The topological polar surface area (TPSA) is 46.5 Å². The summed E-state index contributed by atoms with van der Waals surface area (Å²) in [7, 11) is 0. The van der Waals surface area contributed by atoms with Gasteiger partial charge in [0.1, 0.15) is 11.3 Å². The molecule has 1 aromatic carbocycles. The Kier molecular flexibility index (Phi) is 6.26. The van der Waals surface area contributed by atoms with Crippen LogP contribution in [0.1, 0.15) is 49.9 Å². The Morgan fingerprint density at radius 3 is 2.72 bits per heavy atom. The average molecular weight is 250 g/mol. The molecule has 1 aromatic rings. The largest absolute Gasteiger partial charge is 0.507 e. The van der Waals surface area contributed by atoms with Crippen molar-refractivity contribution < 1.29 is 14.6 Å². The summed E-state index contributed by atoms with van der Waals surface area (Å²) in [5.74, 6) is -0.108. The van der Waals surface area contributed by atoms with Gasteiger partial charge in [0.15, 0.2) is 0 Å². The summed E-state index contributed by atoms with van der Waals surface area (Å²) >= 11 is 0. The van der Waals surface area contributed by atoms with Crippen molar-refractivity contribution in [1.29, 1.82) is 0 Å². The summed E-state index contributed by atoms with van der Waals surface area (Å²) in [5.41, 5.74) is 0.234. The van der Waals surface area contributed by atoms with Crippen LogP contribution in [-0.2, 0) is 4.74 Å². The summed E-state index contributed by atoms with van der Waals surface area (Å²) in [6.07, 6.45) is 4.66. The van der Waals surface area contributed by atoms with Crippen LogP contribution in [0.4, 0.5) is 0 Å². The SMILES string of the molecule is CCCCCC(C)COC(=O)c1ccccc1O. The van der Waals surface area contributed by atoms with Crippen LogP contribution in [-0.4, -0.2) is 17.7 Å². The fraction of sp³-hybridized carbons (Fsp3) is 0.533. The molecule has 0 spiro atoms. The fourth-order valence-electron chi connectivity index (χ4n) is 1.77. The standard InChI is InChI=1S/C15H22O3/c1-3-4-5-8-12(2)11-18-15(17)13-9-6-7-10-14(13)16/h6-7,9-10,12,16H,3-5,8,11H2,1-2H3. The van der Waals surface area contributed by atoms with E-state index in [2.05, 4.69) is 13.8 Å². The van der Waals surface area contributed by atoms with Crippen LogP contribution in [0.3, 0.4) is 0 Å². The number of carbonyl (C=O) groups excluding carboxylic acids is 1. The fourth-order valence-corrected chi connectivity index (χ4v) is 1.77. The highest BCUT2D eigenvalue weighted by Gasteiger charge is 2.13. The Labute approximate surface area is 109 Å². The normalized spacial score (nSPS) is 12.1. The van der Waals surface area contributed by atoms with Gasteiger partial charge < -0.3 is 9.84 Å². The molecule has 0 aliphatic heterocycles. The van der Waals surface area contributed by atoms with E-state index in [1.807, 2.05) is 0 Å². The van der Waals surface area contributed by atoms with Crippen molar-refractivity contribution in [2.45, 2.75) is 39.5 Å². The molecular weight excluding hydrogens is 228 g/mol. The number of esters is 1. The van der Waals surface area contributed by atoms with E-state index in [0.29, 0.717) is 12.5 Å². The molecule has 3 nitrogen and oxygen atoms in total. The molecule has 18 heavy (non-hydrogen) atoms. The van der Waals surface area contributed by atoms with Crippen LogP contribution in [0.5, 0.6) is 5.75 Å². The van der Waals surface area contributed by atoms with E-state index >= 15 is 0 Å². The molecule has 0 fully saturated rings. The second kappa shape index (κ2) is 7.75. The number of phenolic OH excluding ortho intramolecular Hbond substituents is 1. The van der Waals surface area contributed by atoms with E-state index in [9.17, 15) is 9.90 Å². The lowest BCUT2D eigenvalue weighted by Gasteiger charge is -2.12. The molecule has 0 saturated carbocycles. The molecule has 1 atom stereocenters. The van der Waals surface area contributed by atoms with Gasteiger partial charge in [0.25, 0.3) is 0 Å². The third-order valence-electron chi connectivity index (χ3n) is 2.92. The molecule has 1 unspecified atom stereocenters. The summed E-state index contributed by atoms with van der Waals surface area (Å²) in [6.45, 7) is 4.66. The Balaban J connectivity index is 2.35. The first-order valence-corrected chi connectivity index (χ1v) is 6.60. The number of aromatic hydroxyl groups is 1. The lowest BCUT2D eigenvalue weighted by Crippen LogP contribution is -2.12. The number of benzene rings is 1. The Hall–Kier alpha value is -1.51. The highest BCUT2D eigenvalue weighted by atomic mass is 16.5. The van der Waals surface area contributed by atoms with E-state index in [1.54, 1.807) is 18.2 Å². The Morgan fingerprint density at radius 2 is 2.06 bits per heavy atom. The molecule has 0 aliphatic carbocycles. The van der Waals surface area contributed by atoms with Gasteiger partial charge in [-0.15, -0.1) is 0 Å². The molecule has 0 bridgehead atoms. The molecular formula is C15H22O3. The van der Waals surface area contributed by atoms with Gasteiger partial charge >= 0.3 is 5.97 Å². The van der Waals surface area contributed by atoms with Gasteiger partial charge in [0.2, 0.25) is 0 Å². The molecule has 1 N–H and O–H groups in total. The quantitative estimate of drug-likeness (QED) is 0.592.